The Labute approximate surface area is 114 Å². The highest BCUT2D eigenvalue weighted by atomic mass is 35.5. The highest BCUT2D eigenvalue weighted by Crippen LogP contribution is 2.30. The SMILES string of the molecule is Nc1ccc2c(Oc3cncc(Cl)c3)ccnc2c1. The first kappa shape index (κ1) is 11.7. The maximum atomic E-state index is 5.88. The summed E-state index contributed by atoms with van der Waals surface area (Å²) < 4.78 is 5.78. The molecule has 0 aliphatic rings. The number of nitrogens with two attached hydrogens (primary N) is 1. The number of fused-ring (bicyclic) bond motifs is 1. The number of nitrogen functional groups attached to an aromatic ring is 1. The molecule has 2 aromatic heterocycles. The van der Waals surface area contributed by atoms with Gasteiger partial charge < -0.3 is 10.5 Å². The summed E-state index contributed by atoms with van der Waals surface area (Å²) in [7, 11) is 0. The summed E-state index contributed by atoms with van der Waals surface area (Å²) in [6.07, 6.45) is 4.84. The topological polar surface area (TPSA) is 61.0 Å². The molecule has 0 aliphatic heterocycles. The third-order valence-corrected chi connectivity index (χ3v) is 2.84. The van der Waals surface area contributed by atoms with Crippen molar-refractivity contribution < 1.29 is 4.74 Å². The molecule has 5 heteroatoms. The van der Waals surface area contributed by atoms with Crippen LogP contribution >= 0.6 is 11.6 Å². The molecule has 2 N–H and O–H groups in total. The Balaban J connectivity index is 2.06. The third-order valence-electron chi connectivity index (χ3n) is 2.63. The molecule has 94 valence electrons. The van der Waals surface area contributed by atoms with E-state index in [0.717, 1.165) is 10.9 Å². The normalized spacial score (nSPS) is 10.6. The molecule has 0 saturated heterocycles. The lowest BCUT2D eigenvalue weighted by Gasteiger charge is -2.08. The summed E-state index contributed by atoms with van der Waals surface area (Å²) in [4.78, 5) is 8.24. The van der Waals surface area contributed by atoms with Crippen LogP contribution in [-0.4, -0.2) is 9.97 Å². The molecule has 0 amide bonds. The van der Waals surface area contributed by atoms with Crippen LogP contribution in [0.2, 0.25) is 5.02 Å². The highest BCUT2D eigenvalue weighted by molar-refractivity contribution is 6.30. The van der Waals surface area contributed by atoms with Gasteiger partial charge in [-0.25, -0.2) is 0 Å². The smallest absolute Gasteiger partial charge is 0.147 e. The summed E-state index contributed by atoms with van der Waals surface area (Å²) in [5.74, 6) is 1.27. The van der Waals surface area contributed by atoms with Crippen LogP contribution in [0.3, 0.4) is 0 Å². The zero-order chi connectivity index (χ0) is 13.2. The summed E-state index contributed by atoms with van der Waals surface area (Å²) in [6, 6.07) is 8.99. The van der Waals surface area contributed by atoms with E-state index in [9.17, 15) is 0 Å². The Morgan fingerprint density at radius 1 is 1.11 bits per heavy atom. The quantitative estimate of drug-likeness (QED) is 0.723. The van der Waals surface area contributed by atoms with Gasteiger partial charge in [0.25, 0.3) is 0 Å². The van der Waals surface area contributed by atoms with E-state index in [2.05, 4.69) is 9.97 Å². The van der Waals surface area contributed by atoms with Gasteiger partial charge in [-0.2, -0.15) is 0 Å². The fraction of sp³-hybridized carbons (Fsp3) is 0. The van der Waals surface area contributed by atoms with Crippen LogP contribution in [0, 0.1) is 0 Å². The summed E-state index contributed by atoms with van der Waals surface area (Å²) in [5.41, 5.74) is 7.19. The number of hydrogen-bond acceptors (Lipinski definition) is 4. The van der Waals surface area contributed by atoms with Crippen LogP contribution in [0.15, 0.2) is 48.9 Å². The molecule has 0 fully saturated rings. The largest absolute Gasteiger partial charge is 0.455 e. The predicted molar refractivity (Wildman–Crippen MR) is 75.5 cm³/mol. The minimum absolute atomic E-state index is 0.528. The summed E-state index contributed by atoms with van der Waals surface area (Å²) >= 11 is 5.88. The molecule has 0 spiro atoms. The van der Waals surface area contributed by atoms with Gasteiger partial charge in [-0.3, -0.25) is 9.97 Å². The second-order valence-corrected chi connectivity index (χ2v) is 4.46. The van der Waals surface area contributed by atoms with Crippen molar-refractivity contribution in [3.8, 4) is 11.5 Å². The van der Waals surface area contributed by atoms with Crippen LogP contribution in [0.25, 0.3) is 10.9 Å². The number of aromatic nitrogens is 2. The van der Waals surface area contributed by atoms with Crippen LogP contribution in [0.5, 0.6) is 11.5 Å². The molecule has 0 atom stereocenters. The average Bonchev–Trinajstić information content (AvgIpc) is 2.38. The predicted octanol–water partition coefficient (Wildman–Crippen LogP) is 3.66. The van der Waals surface area contributed by atoms with Gasteiger partial charge in [-0.05, 0) is 24.3 Å². The molecule has 0 bridgehead atoms. The van der Waals surface area contributed by atoms with Gasteiger partial charge >= 0.3 is 0 Å². The first-order chi connectivity index (χ1) is 9.22. The molecular weight excluding hydrogens is 262 g/mol. The average molecular weight is 272 g/mol. The number of pyridine rings is 2. The third kappa shape index (κ3) is 2.44. The van der Waals surface area contributed by atoms with Gasteiger partial charge in [-0.15, -0.1) is 0 Å². The first-order valence-electron chi connectivity index (χ1n) is 5.65. The van der Waals surface area contributed by atoms with Crippen molar-refractivity contribution >= 4 is 28.2 Å². The molecule has 0 aliphatic carbocycles. The van der Waals surface area contributed by atoms with Crippen LogP contribution < -0.4 is 10.5 Å². The Morgan fingerprint density at radius 2 is 2.00 bits per heavy atom. The Kier molecular flexibility index (Phi) is 2.93. The monoisotopic (exact) mass is 271 g/mol. The van der Waals surface area contributed by atoms with E-state index in [1.807, 2.05) is 12.1 Å². The molecule has 19 heavy (non-hydrogen) atoms. The fourth-order valence-corrected chi connectivity index (χ4v) is 1.97. The number of ether oxygens (including phenoxy) is 1. The van der Waals surface area contributed by atoms with E-state index in [1.54, 1.807) is 36.8 Å². The zero-order valence-electron chi connectivity index (χ0n) is 9.88. The van der Waals surface area contributed by atoms with Crippen molar-refractivity contribution in [1.82, 2.24) is 9.97 Å². The zero-order valence-corrected chi connectivity index (χ0v) is 10.6. The van der Waals surface area contributed by atoms with Gasteiger partial charge in [0, 0.05) is 29.5 Å². The Hall–Kier alpha value is -2.33. The summed E-state index contributed by atoms with van der Waals surface area (Å²) in [6.45, 7) is 0. The van der Waals surface area contributed by atoms with Gasteiger partial charge in [-0.1, -0.05) is 11.6 Å². The molecule has 1 aromatic carbocycles. The molecule has 0 radical (unpaired) electrons. The van der Waals surface area contributed by atoms with Crippen LogP contribution in [0.4, 0.5) is 5.69 Å². The van der Waals surface area contributed by atoms with Crippen molar-refractivity contribution in [2.45, 2.75) is 0 Å². The molecule has 3 rings (SSSR count). The lowest BCUT2D eigenvalue weighted by molar-refractivity contribution is 0.485. The van der Waals surface area contributed by atoms with Crippen molar-refractivity contribution in [2.75, 3.05) is 5.73 Å². The first-order valence-corrected chi connectivity index (χ1v) is 6.03. The maximum Gasteiger partial charge on any atom is 0.147 e. The minimum Gasteiger partial charge on any atom is -0.455 e. The van der Waals surface area contributed by atoms with Crippen LogP contribution in [0.1, 0.15) is 0 Å². The maximum absolute atomic E-state index is 5.88. The van der Waals surface area contributed by atoms with E-state index in [4.69, 9.17) is 22.1 Å². The number of anilines is 1. The second kappa shape index (κ2) is 4.74. The van der Waals surface area contributed by atoms with Gasteiger partial charge in [0.2, 0.25) is 0 Å². The molecule has 0 unspecified atom stereocenters. The number of rotatable bonds is 2. The minimum atomic E-state index is 0.528. The van der Waals surface area contributed by atoms with Crippen molar-refractivity contribution in [3.63, 3.8) is 0 Å². The van der Waals surface area contributed by atoms with E-state index >= 15 is 0 Å². The molecule has 3 aromatic rings. The van der Waals surface area contributed by atoms with E-state index in [1.165, 1.54) is 0 Å². The van der Waals surface area contributed by atoms with Gasteiger partial charge in [0.05, 0.1) is 16.7 Å². The lowest BCUT2D eigenvalue weighted by atomic mass is 10.2. The second-order valence-electron chi connectivity index (χ2n) is 4.03. The summed E-state index contributed by atoms with van der Waals surface area (Å²) in [5, 5.41) is 1.41. The number of nitrogens with zero attached hydrogens (tertiary/aromatic N) is 2. The van der Waals surface area contributed by atoms with Gasteiger partial charge in [0.15, 0.2) is 0 Å². The number of halogens is 1. The number of benzene rings is 1. The van der Waals surface area contributed by atoms with Crippen LogP contribution in [-0.2, 0) is 0 Å². The van der Waals surface area contributed by atoms with E-state index < -0.39 is 0 Å². The van der Waals surface area contributed by atoms with E-state index in [-0.39, 0.29) is 0 Å². The number of hydrogen-bond donors (Lipinski definition) is 1. The van der Waals surface area contributed by atoms with Gasteiger partial charge in [0.1, 0.15) is 11.5 Å². The van der Waals surface area contributed by atoms with Crippen molar-refractivity contribution in [1.29, 1.82) is 0 Å². The Morgan fingerprint density at radius 3 is 2.84 bits per heavy atom. The molecule has 4 nitrogen and oxygen atoms in total. The molecular formula is C14H10ClN3O. The van der Waals surface area contributed by atoms with Crippen molar-refractivity contribution in [2.24, 2.45) is 0 Å². The molecule has 0 saturated carbocycles. The standard InChI is InChI=1S/C14H10ClN3O/c15-9-5-11(8-17-7-9)19-14-3-4-18-13-6-10(16)1-2-12(13)14/h1-8H,16H2. The van der Waals surface area contributed by atoms with E-state index in [0.29, 0.717) is 22.2 Å². The lowest BCUT2D eigenvalue weighted by Crippen LogP contribution is -1.90. The fourth-order valence-electron chi connectivity index (χ4n) is 1.80. The highest BCUT2D eigenvalue weighted by Gasteiger charge is 2.05. The van der Waals surface area contributed by atoms with Crippen molar-refractivity contribution in [3.05, 3.63) is 53.9 Å². The molecule has 2 heterocycles. The Bertz CT molecular complexity index is 746.